The number of aromatic hydroxyl groups is 1. The summed E-state index contributed by atoms with van der Waals surface area (Å²) in [6, 6.07) is 7.83. The van der Waals surface area contributed by atoms with Crippen LogP contribution >= 0.6 is 0 Å². The van der Waals surface area contributed by atoms with Gasteiger partial charge in [-0.05, 0) is 43.2 Å². The van der Waals surface area contributed by atoms with Crippen molar-refractivity contribution in [2.75, 3.05) is 0 Å². The van der Waals surface area contributed by atoms with E-state index in [0.29, 0.717) is 22.5 Å². The third-order valence-corrected chi connectivity index (χ3v) is 3.91. The van der Waals surface area contributed by atoms with Crippen LogP contribution in [0.15, 0.2) is 36.7 Å². The zero-order valence-electron chi connectivity index (χ0n) is 13.5. The van der Waals surface area contributed by atoms with Gasteiger partial charge in [0.15, 0.2) is 11.6 Å². The zero-order chi connectivity index (χ0) is 18.1. The van der Waals surface area contributed by atoms with Crippen molar-refractivity contribution in [1.29, 1.82) is 5.26 Å². The zero-order valence-corrected chi connectivity index (χ0v) is 13.5. The van der Waals surface area contributed by atoms with Gasteiger partial charge in [0.05, 0.1) is 17.3 Å². The van der Waals surface area contributed by atoms with E-state index < -0.39 is 5.82 Å². The molecule has 0 aliphatic rings. The van der Waals surface area contributed by atoms with Crippen molar-refractivity contribution in [3.63, 3.8) is 0 Å². The number of nitrogens with zero attached hydrogens (tertiary/aromatic N) is 4. The van der Waals surface area contributed by atoms with Crippen LogP contribution in [0.2, 0.25) is 0 Å². The molecule has 3 rings (SSSR count). The number of benzene rings is 1. The van der Waals surface area contributed by atoms with Gasteiger partial charge in [-0.15, -0.1) is 0 Å². The minimum atomic E-state index is -0.629. The van der Waals surface area contributed by atoms with Gasteiger partial charge in [0.2, 0.25) is 5.88 Å². The molecular formula is C18H13FN4O2. The molecular weight excluding hydrogens is 323 g/mol. The Bertz CT molecular complexity index is 1020. The summed E-state index contributed by atoms with van der Waals surface area (Å²) >= 11 is 0. The molecule has 0 aliphatic carbocycles. The van der Waals surface area contributed by atoms with E-state index in [0.717, 1.165) is 0 Å². The molecule has 2 heterocycles. The molecule has 1 N–H and O–H groups in total. The second-order valence-corrected chi connectivity index (χ2v) is 5.47. The quantitative estimate of drug-likeness (QED) is 0.742. The highest BCUT2D eigenvalue weighted by Crippen LogP contribution is 2.34. The van der Waals surface area contributed by atoms with Crippen molar-refractivity contribution in [3.05, 3.63) is 59.2 Å². The van der Waals surface area contributed by atoms with E-state index in [1.807, 2.05) is 0 Å². The van der Waals surface area contributed by atoms with Gasteiger partial charge in [-0.25, -0.2) is 9.37 Å². The van der Waals surface area contributed by atoms with E-state index >= 15 is 0 Å². The van der Waals surface area contributed by atoms with E-state index in [4.69, 9.17) is 5.26 Å². The van der Waals surface area contributed by atoms with Crippen molar-refractivity contribution in [2.24, 2.45) is 0 Å². The van der Waals surface area contributed by atoms with E-state index in [9.17, 15) is 14.3 Å². The largest absolute Gasteiger partial charge is 0.493 e. The summed E-state index contributed by atoms with van der Waals surface area (Å²) in [5.74, 6) is -0.639. The fourth-order valence-corrected chi connectivity index (χ4v) is 2.48. The first kappa shape index (κ1) is 16.3. The monoisotopic (exact) mass is 336 g/mol. The Morgan fingerprint density at radius 3 is 2.60 bits per heavy atom. The Balaban J connectivity index is 2.07. The van der Waals surface area contributed by atoms with Crippen molar-refractivity contribution >= 4 is 5.78 Å². The summed E-state index contributed by atoms with van der Waals surface area (Å²) < 4.78 is 15.3. The van der Waals surface area contributed by atoms with Gasteiger partial charge in [-0.1, -0.05) is 6.07 Å². The smallest absolute Gasteiger partial charge is 0.223 e. The lowest BCUT2D eigenvalue weighted by Crippen LogP contribution is -2.01. The molecule has 0 aliphatic heterocycles. The van der Waals surface area contributed by atoms with Crippen LogP contribution < -0.4 is 0 Å². The highest BCUT2D eigenvalue weighted by molar-refractivity contribution is 5.93. The highest BCUT2D eigenvalue weighted by atomic mass is 19.1. The molecule has 0 spiro atoms. The normalized spacial score (nSPS) is 10.5. The average molecular weight is 336 g/mol. The van der Waals surface area contributed by atoms with Crippen LogP contribution in [0.1, 0.15) is 28.4 Å². The Kier molecular flexibility index (Phi) is 4.03. The molecule has 25 heavy (non-hydrogen) atoms. The number of carbonyl (C=O) groups excluding carboxylic acids is 1. The summed E-state index contributed by atoms with van der Waals surface area (Å²) in [4.78, 5) is 15.4. The third-order valence-electron chi connectivity index (χ3n) is 3.91. The van der Waals surface area contributed by atoms with Gasteiger partial charge < -0.3 is 5.11 Å². The second-order valence-electron chi connectivity index (χ2n) is 5.47. The van der Waals surface area contributed by atoms with Crippen LogP contribution in [-0.4, -0.2) is 25.7 Å². The molecule has 124 valence electrons. The Morgan fingerprint density at radius 1 is 1.24 bits per heavy atom. The summed E-state index contributed by atoms with van der Waals surface area (Å²) in [5.41, 5.74) is 1.38. The molecule has 0 bridgehead atoms. The number of hydrogen-bond acceptors (Lipinski definition) is 5. The summed E-state index contributed by atoms with van der Waals surface area (Å²) in [6.07, 6.45) is 2.79. The third kappa shape index (κ3) is 2.74. The number of ketones is 1. The van der Waals surface area contributed by atoms with Crippen molar-refractivity contribution in [1.82, 2.24) is 14.8 Å². The van der Waals surface area contributed by atoms with Crippen molar-refractivity contribution < 1.29 is 14.3 Å². The molecule has 6 nitrogen and oxygen atoms in total. The Labute approximate surface area is 142 Å². The van der Waals surface area contributed by atoms with Crippen LogP contribution in [0, 0.1) is 24.1 Å². The van der Waals surface area contributed by atoms with Crippen LogP contribution in [0.3, 0.4) is 0 Å². The number of rotatable bonds is 3. The molecule has 0 unspecified atom stereocenters. The Hall–Kier alpha value is -3.53. The first-order chi connectivity index (χ1) is 11.9. The Morgan fingerprint density at radius 2 is 2.00 bits per heavy atom. The molecule has 0 radical (unpaired) electrons. The number of carbonyl (C=O) groups is 1. The number of pyridine rings is 1. The van der Waals surface area contributed by atoms with Crippen molar-refractivity contribution in [3.8, 4) is 28.9 Å². The standard InChI is InChI=1S/C18H13FN4O2/c1-10-14(5-3-12(7-20)17(10)19)15-9-22-23(18(15)25)16-6-4-13(8-21-16)11(2)24/h3-6,8-9,25H,1-2H3. The van der Waals surface area contributed by atoms with E-state index in [2.05, 4.69) is 10.1 Å². The summed E-state index contributed by atoms with van der Waals surface area (Å²) in [7, 11) is 0. The lowest BCUT2D eigenvalue weighted by Gasteiger charge is -2.07. The molecule has 0 saturated carbocycles. The average Bonchev–Trinajstić information content (AvgIpc) is 2.99. The van der Waals surface area contributed by atoms with E-state index in [1.54, 1.807) is 24.3 Å². The second kappa shape index (κ2) is 6.17. The number of aromatic nitrogens is 3. The highest BCUT2D eigenvalue weighted by Gasteiger charge is 2.18. The van der Waals surface area contributed by atoms with Crippen LogP contribution in [0.25, 0.3) is 16.9 Å². The van der Waals surface area contributed by atoms with Gasteiger partial charge in [0.1, 0.15) is 11.9 Å². The number of Topliss-reactive ketones (excluding diaryl/α,β-unsaturated/α-hetero) is 1. The number of hydrogen-bond donors (Lipinski definition) is 1. The molecule has 0 atom stereocenters. The van der Waals surface area contributed by atoms with Gasteiger partial charge >= 0.3 is 0 Å². The van der Waals surface area contributed by atoms with Crippen LogP contribution in [0.4, 0.5) is 4.39 Å². The number of nitriles is 1. The first-order valence-electron chi connectivity index (χ1n) is 7.38. The fourth-order valence-electron chi connectivity index (χ4n) is 2.48. The summed E-state index contributed by atoms with van der Waals surface area (Å²) in [6.45, 7) is 2.96. The molecule has 3 aromatic rings. The van der Waals surface area contributed by atoms with Crippen molar-refractivity contribution in [2.45, 2.75) is 13.8 Å². The van der Waals surface area contributed by atoms with Gasteiger partial charge in [-0.2, -0.15) is 15.0 Å². The maximum atomic E-state index is 14.2. The SMILES string of the molecule is CC(=O)c1ccc(-n2ncc(-c3ccc(C#N)c(F)c3C)c2O)nc1. The maximum Gasteiger partial charge on any atom is 0.223 e. The van der Waals surface area contributed by atoms with Gasteiger partial charge in [0.25, 0.3) is 0 Å². The van der Waals surface area contributed by atoms with Crippen LogP contribution in [-0.2, 0) is 0 Å². The molecule has 0 fully saturated rings. The molecule has 2 aromatic heterocycles. The predicted octanol–water partition coefficient (Wildman–Crippen LogP) is 3.16. The van der Waals surface area contributed by atoms with Gasteiger partial charge in [0, 0.05) is 11.8 Å². The van der Waals surface area contributed by atoms with E-state index in [1.165, 1.54) is 37.0 Å². The van der Waals surface area contributed by atoms with E-state index in [-0.39, 0.29) is 22.8 Å². The minimum absolute atomic E-state index is 0.0605. The van der Waals surface area contributed by atoms with Crippen LogP contribution in [0.5, 0.6) is 5.88 Å². The number of halogens is 1. The fraction of sp³-hybridized carbons (Fsp3) is 0.111. The van der Waals surface area contributed by atoms with Gasteiger partial charge in [-0.3, -0.25) is 4.79 Å². The summed E-state index contributed by atoms with van der Waals surface area (Å²) in [5, 5.41) is 23.4. The first-order valence-corrected chi connectivity index (χ1v) is 7.38. The minimum Gasteiger partial charge on any atom is -0.493 e. The molecule has 7 heteroatoms. The predicted molar refractivity (Wildman–Crippen MR) is 87.9 cm³/mol. The lowest BCUT2D eigenvalue weighted by molar-refractivity contribution is 0.101. The lowest BCUT2D eigenvalue weighted by atomic mass is 10.00. The molecule has 0 amide bonds. The molecule has 0 saturated heterocycles. The maximum absolute atomic E-state index is 14.2. The topological polar surface area (TPSA) is 91.8 Å². The molecule has 1 aromatic carbocycles.